The van der Waals surface area contributed by atoms with E-state index in [1.165, 1.54) is 0 Å². The summed E-state index contributed by atoms with van der Waals surface area (Å²) in [6.07, 6.45) is 1.19. The number of halogens is 2. The molecule has 0 radical (unpaired) electrons. The summed E-state index contributed by atoms with van der Waals surface area (Å²) < 4.78 is 30.2. The van der Waals surface area contributed by atoms with Gasteiger partial charge in [0.2, 0.25) is 0 Å². The van der Waals surface area contributed by atoms with E-state index >= 15 is 0 Å². The standard InChI is InChI=1S/C9H15F2NO/c10-8(11)7-3-6-12-9(13-7)4-1-2-5-9/h7-8,12H,1-6H2. The molecule has 1 unspecified atom stereocenters. The fourth-order valence-electron chi connectivity index (χ4n) is 2.25. The first kappa shape index (κ1) is 9.34. The normalized spacial score (nSPS) is 33.0. The molecule has 76 valence electrons. The maximum absolute atomic E-state index is 12.4. The highest BCUT2D eigenvalue weighted by Gasteiger charge is 2.41. The number of rotatable bonds is 1. The van der Waals surface area contributed by atoms with Crippen LogP contribution in [-0.4, -0.2) is 24.8 Å². The van der Waals surface area contributed by atoms with Crippen LogP contribution in [0.2, 0.25) is 0 Å². The number of nitrogens with one attached hydrogen (secondary N) is 1. The van der Waals surface area contributed by atoms with Gasteiger partial charge in [-0.25, -0.2) is 8.78 Å². The van der Waals surface area contributed by atoms with Crippen LogP contribution in [0.4, 0.5) is 8.78 Å². The zero-order chi connectivity index (χ0) is 9.31. The first-order valence-corrected chi connectivity index (χ1v) is 4.93. The highest BCUT2D eigenvalue weighted by Crippen LogP contribution is 2.35. The highest BCUT2D eigenvalue weighted by atomic mass is 19.3. The summed E-state index contributed by atoms with van der Waals surface area (Å²) in [6.45, 7) is 0.662. The van der Waals surface area contributed by atoms with Gasteiger partial charge < -0.3 is 4.74 Å². The average molecular weight is 191 g/mol. The van der Waals surface area contributed by atoms with Crippen molar-refractivity contribution in [3.63, 3.8) is 0 Å². The van der Waals surface area contributed by atoms with E-state index in [9.17, 15) is 8.78 Å². The van der Waals surface area contributed by atoms with Gasteiger partial charge in [-0.05, 0) is 32.1 Å². The second kappa shape index (κ2) is 3.50. The van der Waals surface area contributed by atoms with E-state index in [1.807, 2.05) is 0 Å². The molecule has 1 spiro atoms. The van der Waals surface area contributed by atoms with E-state index in [2.05, 4.69) is 5.32 Å². The van der Waals surface area contributed by atoms with Crippen LogP contribution in [0.25, 0.3) is 0 Å². The maximum Gasteiger partial charge on any atom is 0.264 e. The predicted octanol–water partition coefficient (Wildman–Crippen LogP) is 1.90. The lowest BCUT2D eigenvalue weighted by Gasteiger charge is -2.39. The lowest BCUT2D eigenvalue weighted by atomic mass is 10.1. The zero-order valence-corrected chi connectivity index (χ0v) is 7.56. The molecule has 1 N–H and O–H groups in total. The van der Waals surface area contributed by atoms with Crippen LogP contribution in [0, 0.1) is 0 Å². The molecule has 0 aromatic rings. The fourth-order valence-corrected chi connectivity index (χ4v) is 2.25. The predicted molar refractivity (Wildman–Crippen MR) is 44.7 cm³/mol. The van der Waals surface area contributed by atoms with Crippen molar-refractivity contribution in [1.29, 1.82) is 0 Å². The third-order valence-electron chi connectivity index (χ3n) is 2.95. The quantitative estimate of drug-likeness (QED) is 0.683. The molecular weight excluding hydrogens is 176 g/mol. The molecule has 1 atom stereocenters. The van der Waals surface area contributed by atoms with Gasteiger partial charge in [0.25, 0.3) is 6.43 Å². The van der Waals surface area contributed by atoms with Crippen LogP contribution in [0.3, 0.4) is 0 Å². The summed E-state index contributed by atoms with van der Waals surface area (Å²) in [5, 5.41) is 3.22. The first-order chi connectivity index (χ1) is 6.22. The van der Waals surface area contributed by atoms with Gasteiger partial charge in [-0.1, -0.05) is 0 Å². The summed E-state index contributed by atoms with van der Waals surface area (Å²) in [5.41, 5.74) is -0.403. The van der Waals surface area contributed by atoms with Gasteiger partial charge in [0.1, 0.15) is 11.8 Å². The Bertz CT molecular complexity index is 180. The minimum atomic E-state index is -2.33. The molecule has 1 saturated heterocycles. The summed E-state index contributed by atoms with van der Waals surface area (Å²) in [7, 11) is 0. The molecule has 1 saturated carbocycles. The topological polar surface area (TPSA) is 21.3 Å². The number of hydrogen-bond acceptors (Lipinski definition) is 2. The van der Waals surface area contributed by atoms with Crippen LogP contribution in [-0.2, 0) is 4.74 Å². The average Bonchev–Trinajstić information content (AvgIpc) is 2.53. The van der Waals surface area contributed by atoms with E-state index in [4.69, 9.17) is 4.74 Å². The third-order valence-corrected chi connectivity index (χ3v) is 2.95. The molecular formula is C9H15F2NO. The van der Waals surface area contributed by atoms with Crippen molar-refractivity contribution >= 4 is 0 Å². The molecule has 1 heterocycles. The summed E-state index contributed by atoms with van der Waals surface area (Å²) in [4.78, 5) is 0. The minimum absolute atomic E-state index is 0.403. The van der Waals surface area contributed by atoms with Crippen LogP contribution in [0.15, 0.2) is 0 Å². The van der Waals surface area contributed by atoms with E-state index in [-0.39, 0.29) is 0 Å². The molecule has 0 aromatic carbocycles. The lowest BCUT2D eigenvalue weighted by molar-refractivity contribution is -0.180. The largest absolute Gasteiger partial charge is 0.351 e. The van der Waals surface area contributed by atoms with Gasteiger partial charge in [-0.15, -0.1) is 0 Å². The van der Waals surface area contributed by atoms with Crippen LogP contribution < -0.4 is 5.32 Å². The van der Waals surface area contributed by atoms with E-state index in [0.717, 1.165) is 25.7 Å². The molecule has 13 heavy (non-hydrogen) atoms. The highest BCUT2D eigenvalue weighted by molar-refractivity contribution is 4.89. The molecule has 1 aliphatic heterocycles. The SMILES string of the molecule is FC(F)C1CCNC2(CCCC2)O1. The smallest absolute Gasteiger partial charge is 0.264 e. The molecule has 1 aliphatic carbocycles. The molecule has 2 rings (SSSR count). The second-order valence-corrected chi connectivity index (χ2v) is 3.91. The zero-order valence-electron chi connectivity index (χ0n) is 7.56. The minimum Gasteiger partial charge on any atom is -0.351 e. The van der Waals surface area contributed by atoms with Crippen LogP contribution >= 0.6 is 0 Å². The molecule has 2 nitrogen and oxygen atoms in total. The first-order valence-electron chi connectivity index (χ1n) is 4.93. The lowest BCUT2D eigenvalue weighted by Crippen LogP contribution is -2.54. The molecule has 0 aromatic heterocycles. The Morgan fingerprint density at radius 3 is 2.62 bits per heavy atom. The Morgan fingerprint density at radius 2 is 2.00 bits per heavy atom. The van der Waals surface area contributed by atoms with Gasteiger partial charge in [0.05, 0.1) is 0 Å². The Kier molecular flexibility index (Phi) is 2.51. The summed E-state index contributed by atoms with van der Waals surface area (Å²) >= 11 is 0. The van der Waals surface area contributed by atoms with Crippen molar-refractivity contribution in [2.45, 2.75) is 50.4 Å². The summed E-state index contributed by atoms with van der Waals surface area (Å²) in [5.74, 6) is 0. The second-order valence-electron chi connectivity index (χ2n) is 3.91. The van der Waals surface area contributed by atoms with Crippen molar-refractivity contribution in [1.82, 2.24) is 5.32 Å². The van der Waals surface area contributed by atoms with E-state index < -0.39 is 18.3 Å². The van der Waals surface area contributed by atoms with Gasteiger partial charge in [-0.3, -0.25) is 5.32 Å². The van der Waals surface area contributed by atoms with Crippen molar-refractivity contribution in [2.24, 2.45) is 0 Å². The van der Waals surface area contributed by atoms with Crippen molar-refractivity contribution in [3.8, 4) is 0 Å². The van der Waals surface area contributed by atoms with Crippen molar-refractivity contribution in [3.05, 3.63) is 0 Å². The molecule has 0 bridgehead atoms. The van der Waals surface area contributed by atoms with Crippen LogP contribution in [0.5, 0.6) is 0 Å². The van der Waals surface area contributed by atoms with Gasteiger partial charge >= 0.3 is 0 Å². The third kappa shape index (κ3) is 1.83. The van der Waals surface area contributed by atoms with E-state index in [1.54, 1.807) is 0 Å². The Morgan fingerprint density at radius 1 is 1.31 bits per heavy atom. The van der Waals surface area contributed by atoms with E-state index in [0.29, 0.717) is 13.0 Å². The molecule has 0 amide bonds. The van der Waals surface area contributed by atoms with Crippen molar-refractivity contribution < 1.29 is 13.5 Å². The maximum atomic E-state index is 12.4. The van der Waals surface area contributed by atoms with Crippen molar-refractivity contribution in [2.75, 3.05) is 6.54 Å². The number of hydrogen-bond donors (Lipinski definition) is 1. The Hall–Kier alpha value is -0.220. The Balaban J connectivity index is 1.98. The number of alkyl halides is 2. The van der Waals surface area contributed by atoms with Gasteiger partial charge in [0, 0.05) is 6.54 Å². The fraction of sp³-hybridized carbons (Fsp3) is 1.00. The molecule has 2 fully saturated rings. The van der Waals surface area contributed by atoms with Crippen LogP contribution in [0.1, 0.15) is 32.1 Å². The monoisotopic (exact) mass is 191 g/mol. The number of ether oxygens (including phenoxy) is 1. The Labute approximate surface area is 76.6 Å². The summed E-state index contributed by atoms with van der Waals surface area (Å²) in [6, 6.07) is 0. The molecule has 4 heteroatoms. The van der Waals surface area contributed by atoms with Gasteiger partial charge in [0.15, 0.2) is 0 Å². The van der Waals surface area contributed by atoms with Gasteiger partial charge in [-0.2, -0.15) is 0 Å². The molecule has 2 aliphatic rings.